The first kappa shape index (κ1) is 13.9. The van der Waals surface area contributed by atoms with Crippen LogP contribution in [0.15, 0.2) is 24.3 Å². The van der Waals surface area contributed by atoms with Gasteiger partial charge in [-0.25, -0.2) is 0 Å². The Bertz CT molecular complexity index is 405. The Morgan fingerprint density at radius 3 is 2.72 bits per heavy atom. The van der Waals surface area contributed by atoms with Crippen molar-refractivity contribution in [1.29, 1.82) is 0 Å². The second-order valence-electron chi connectivity index (χ2n) is 4.74. The number of alkyl halides is 4. The van der Waals surface area contributed by atoms with Crippen LogP contribution in [0.2, 0.25) is 0 Å². The monoisotopic (exact) mass is 321 g/mol. The highest BCUT2D eigenvalue weighted by molar-refractivity contribution is 9.09. The second kappa shape index (κ2) is 5.61. The van der Waals surface area contributed by atoms with Gasteiger partial charge in [-0.2, -0.15) is 13.2 Å². The summed E-state index contributed by atoms with van der Waals surface area (Å²) in [5.41, 5.74) is 0.177. The minimum absolute atomic E-state index is 0.559. The van der Waals surface area contributed by atoms with E-state index in [0.717, 1.165) is 36.5 Å². The van der Waals surface area contributed by atoms with Gasteiger partial charge >= 0.3 is 6.18 Å². The fourth-order valence-corrected chi connectivity index (χ4v) is 2.82. The van der Waals surface area contributed by atoms with Crippen molar-refractivity contribution in [1.82, 2.24) is 4.90 Å². The molecular formula is C13H15BrF3N. The first-order valence-corrected chi connectivity index (χ1v) is 7.05. The minimum atomic E-state index is -4.25. The number of halogens is 4. The summed E-state index contributed by atoms with van der Waals surface area (Å²) in [5, 5.41) is 0.964. The Morgan fingerprint density at radius 1 is 1.33 bits per heavy atom. The Balaban J connectivity index is 2.02. The van der Waals surface area contributed by atoms with Crippen LogP contribution in [0.5, 0.6) is 0 Å². The van der Waals surface area contributed by atoms with E-state index in [1.165, 1.54) is 12.1 Å². The lowest BCUT2D eigenvalue weighted by atomic mass is 10.1. The molecule has 2 rings (SSSR count). The molecule has 5 heteroatoms. The molecule has 1 aliphatic rings. The Kier molecular flexibility index (Phi) is 4.33. The first-order valence-electron chi connectivity index (χ1n) is 5.93. The Morgan fingerprint density at radius 2 is 2.11 bits per heavy atom. The lowest BCUT2D eigenvalue weighted by Crippen LogP contribution is -2.20. The fraction of sp³-hybridized carbons (Fsp3) is 0.538. The highest BCUT2D eigenvalue weighted by Gasteiger charge is 2.30. The van der Waals surface area contributed by atoms with Crippen molar-refractivity contribution < 1.29 is 13.2 Å². The lowest BCUT2D eigenvalue weighted by Gasteiger charge is -2.16. The lowest BCUT2D eigenvalue weighted by molar-refractivity contribution is -0.137. The maximum absolute atomic E-state index is 12.6. The Hall–Kier alpha value is -0.550. The molecule has 1 saturated heterocycles. The number of likely N-dealkylation sites (tertiary alicyclic amines) is 1. The molecule has 1 aromatic rings. The number of rotatable bonds is 3. The molecule has 1 aromatic carbocycles. The van der Waals surface area contributed by atoms with Crippen molar-refractivity contribution in [2.45, 2.75) is 19.1 Å². The van der Waals surface area contributed by atoms with Gasteiger partial charge in [0.1, 0.15) is 0 Å². The molecular weight excluding hydrogens is 307 g/mol. The van der Waals surface area contributed by atoms with E-state index in [1.807, 2.05) is 0 Å². The molecule has 0 amide bonds. The third-order valence-corrected chi connectivity index (χ3v) is 4.16. The quantitative estimate of drug-likeness (QED) is 0.763. The van der Waals surface area contributed by atoms with E-state index in [1.54, 1.807) is 6.07 Å². The average Bonchev–Trinajstić information content (AvgIpc) is 2.76. The van der Waals surface area contributed by atoms with Crippen LogP contribution >= 0.6 is 15.9 Å². The summed E-state index contributed by atoms with van der Waals surface area (Å²) in [7, 11) is 0. The van der Waals surface area contributed by atoms with E-state index in [0.29, 0.717) is 12.5 Å². The largest absolute Gasteiger partial charge is 0.416 e. The van der Waals surface area contributed by atoms with Gasteiger partial charge in [-0.3, -0.25) is 4.90 Å². The zero-order chi connectivity index (χ0) is 13.2. The molecule has 1 atom stereocenters. The van der Waals surface area contributed by atoms with E-state index in [4.69, 9.17) is 0 Å². The van der Waals surface area contributed by atoms with Gasteiger partial charge in [0.15, 0.2) is 0 Å². The van der Waals surface area contributed by atoms with Crippen molar-refractivity contribution in [2.75, 3.05) is 18.4 Å². The SMILES string of the molecule is FC(F)(F)c1cccc(CN2CCC(CBr)C2)c1. The predicted molar refractivity (Wildman–Crippen MR) is 68.6 cm³/mol. The number of hydrogen-bond donors (Lipinski definition) is 0. The van der Waals surface area contributed by atoms with E-state index < -0.39 is 11.7 Å². The van der Waals surface area contributed by atoms with Crippen LogP contribution in [0.4, 0.5) is 13.2 Å². The number of hydrogen-bond acceptors (Lipinski definition) is 1. The first-order chi connectivity index (χ1) is 8.49. The van der Waals surface area contributed by atoms with Gasteiger partial charge in [0.05, 0.1) is 5.56 Å². The van der Waals surface area contributed by atoms with Crippen molar-refractivity contribution in [3.05, 3.63) is 35.4 Å². The fourth-order valence-electron chi connectivity index (χ4n) is 2.29. The van der Waals surface area contributed by atoms with Crippen molar-refractivity contribution in [3.63, 3.8) is 0 Å². The maximum Gasteiger partial charge on any atom is 0.416 e. The van der Waals surface area contributed by atoms with Gasteiger partial charge in [0.25, 0.3) is 0 Å². The normalized spacial score (nSPS) is 21.4. The van der Waals surface area contributed by atoms with Crippen LogP contribution in [0.1, 0.15) is 17.5 Å². The average molecular weight is 322 g/mol. The predicted octanol–water partition coefficient (Wildman–Crippen LogP) is 3.92. The zero-order valence-corrected chi connectivity index (χ0v) is 11.5. The number of benzene rings is 1. The maximum atomic E-state index is 12.6. The minimum Gasteiger partial charge on any atom is -0.299 e. The summed E-state index contributed by atoms with van der Waals surface area (Å²) >= 11 is 3.45. The zero-order valence-electron chi connectivity index (χ0n) is 9.88. The highest BCUT2D eigenvalue weighted by Crippen LogP contribution is 2.30. The van der Waals surface area contributed by atoms with Crippen LogP contribution in [0, 0.1) is 5.92 Å². The summed E-state index contributed by atoms with van der Waals surface area (Å²) in [6.45, 7) is 2.53. The van der Waals surface area contributed by atoms with Crippen molar-refractivity contribution in [3.8, 4) is 0 Å². The number of nitrogens with zero attached hydrogens (tertiary/aromatic N) is 1. The van der Waals surface area contributed by atoms with Gasteiger partial charge in [-0.05, 0) is 30.5 Å². The molecule has 0 radical (unpaired) electrons. The topological polar surface area (TPSA) is 3.24 Å². The van der Waals surface area contributed by atoms with E-state index in [9.17, 15) is 13.2 Å². The van der Waals surface area contributed by atoms with Gasteiger partial charge in [-0.15, -0.1) is 0 Å². The van der Waals surface area contributed by atoms with Crippen LogP contribution in [0.25, 0.3) is 0 Å². The van der Waals surface area contributed by atoms with Crippen LogP contribution in [-0.4, -0.2) is 23.3 Å². The molecule has 1 heterocycles. The third kappa shape index (κ3) is 3.48. The van der Waals surface area contributed by atoms with E-state index in [-0.39, 0.29) is 0 Å². The molecule has 18 heavy (non-hydrogen) atoms. The molecule has 1 unspecified atom stereocenters. The van der Waals surface area contributed by atoms with Crippen molar-refractivity contribution >= 4 is 15.9 Å². The van der Waals surface area contributed by atoms with Gasteiger partial charge in [0, 0.05) is 18.4 Å². The van der Waals surface area contributed by atoms with Crippen LogP contribution in [0.3, 0.4) is 0 Å². The second-order valence-corrected chi connectivity index (χ2v) is 5.39. The van der Waals surface area contributed by atoms with E-state index >= 15 is 0 Å². The third-order valence-electron chi connectivity index (χ3n) is 3.25. The van der Waals surface area contributed by atoms with Gasteiger partial charge in [-0.1, -0.05) is 34.1 Å². The summed E-state index contributed by atoms with van der Waals surface area (Å²) < 4.78 is 37.7. The summed E-state index contributed by atoms with van der Waals surface area (Å²) in [6, 6.07) is 5.61. The van der Waals surface area contributed by atoms with Crippen molar-refractivity contribution in [2.24, 2.45) is 5.92 Å². The highest BCUT2D eigenvalue weighted by atomic mass is 79.9. The smallest absolute Gasteiger partial charge is 0.299 e. The summed E-state index contributed by atoms with van der Waals surface area (Å²) in [6.07, 6.45) is -3.14. The molecule has 0 aliphatic carbocycles. The summed E-state index contributed by atoms with van der Waals surface area (Å²) in [5.74, 6) is 0.621. The summed E-state index contributed by atoms with van der Waals surface area (Å²) in [4.78, 5) is 2.21. The van der Waals surface area contributed by atoms with Gasteiger partial charge < -0.3 is 0 Å². The standard InChI is InChI=1S/C13H15BrF3N/c14-7-11-4-5-18(9-11)8-10-2-1-3-12(6-10)13(15,16)17/h1-3,6,11H,4-5,7-9H2. The van der Waals surface area contributed by atoms with Crippen LogP contribution in [-0.2, 0) is 12.7 Å². The molecule has 0 N–H and O–H groups in total. The molecule has 0 saturated carbocycles. The molecule has 0 aromatic heterocycles. The Labute approximate surface area is 113 Å². The molecule has 0 spiro atoms. The molecule has 1 fully saturated rings. The molecule has 1 nitrogen and oxygen atoms in total. The van der Waals surface area contributed by atoms with Crippen LogP contribution < -0.4 is 0 Å². The van der Waals surface area contributed by atoms with E-state index in [2.05, 4.69) is 20.8 Å². The molecule has 100 valence electrons. The van der Waals surface area contributed by atoms with Gasteiger partial charge in [0.2, 0.25) is 0 Å². The molecule has 0 bridgehead atoms. The molecule has 1 aliphatic heterocycles.